The second kappa shape index (κ2) is 11.5. The third-order valence-corrected chi connectivity index (χ3v) is 4.33. The number of nitrogens with one attached hydrogen (secondary N) is 1. The maximum absolute atomic E-state index is 3.50. The molecule has 1 N–H and O–H groups in total. The van der Waals surface area contributed by atoms with E-state index in [-0.39, 0.29) is 0 Å². The van der Waals surface area contributed by atoms with E-state index in [2.05, 4.69) is 72.9 Å². The fourth-order valence-corrected chi connectivity index (χ4v) is 2.86. The third kappa shape index (κ3) is 7.04. The van der Waals surface area contributed by atoms with Gasteiger partial charge < -0.3 is 5.32 Å². The molecule has 0 amide bonds. The van der Waals surface area contributed by atoms with Crippen molar-refractivity contribution in [3.05, 3.63) is 71.8 Å². The topological polar surface area (TPSA) is 12.0 Å². The number of unbranched alkanes of at least 4 members (excludes halogenated alkanes) is 6. The van der Waals surface area contributed by atoms with Gasteiger partial charge in [-0.25, -0.2) is 0 Å². The summed E-state index contributed by atoms with van der Waals surface area (Å²) in [5, 5.41) is 3.50. The average molecular weight is 322 g/mol. The number of hydrogen-bond acceptors (Lipinski definition) is 1. The lowest BCUT2D eigenvalue weighted by Gasteiger charge is -2.09. The van der Waals surface area contributed by atoms with E-state index in [0.29, 0.717) is 0 Å². The lowest BCUT2D eigenvalue weighted by atomic mass is 10.1. The minimum atomic E-state index is 0.863. The Labute approximate surface area is 147 Å². The second-order valence-electron chi connectivity index (χ2n) is 6.38. The van der Waals surface area contributed by atoms with E-state index in [1.807, 2.05) is 6.07 Å². The molecular weight excluding hydrogens is 290 g/mol. The van der Waals surface area contributed by atoms with Crippen molar-refractivity contribution in [3.8, 4) is 0 Å². The summed E-state index contributed by atoms with van der Waals surface area (Å²) in [5.74, 6) is 0. The van der Waals surface area contributed by atoms with E-state index in [1.54, 1.807) is 0 Å². The molecule has 0 saturated heterocycles. The van der Waals surface area contributed by atoms with Crippen LogP contribution in [0.3, 0.4) is 0 Å². The molecule has 0 spiro atoms. The van der Waals surface area contributed by atoms with Gasteiger partial charge in [0.15, 0.2) is 0 Å². The number of benzene rings is 2. The highest BCUT2D eigenvalue weighted by molar-refractivity contribution is 5.55. The number of rotatable bonds is 11. The normalized spacial score (nSPS) is 11.0. The molecule has 0 heterocycles. The summed E-state index contributed by atoms with van der Waals surface area (Å²) in [5.41, 5.74) is 3.84. The molecule has 0 saturated carbocycles. The largest absolute Gasteiger partial charge is 0.381 e. The third-order valence-electron chi connectivity index (χ3n) is 4.33. The Balaban J connectivity index is 1.77. The Kier molecular flexibility index (Phi) is 8.78. The fourth-order valence-electron chi connectivity index (χ4n) is 2.86. The van der Waals surface area contributed by atoms with Crippen molar-refractivity contribution >= 4 is 11.8 Å². The summed E-state index contributed by atoms with van der Waals surface area (Å²) < 4.78 is 0. The van der Waals surface area contributed by atoms with Crippen molar-refractivity contribution in [1.29, 1.82) is 0 Å². The van der Waals surface area contributed by atoms with Crippen LogP contribution in [-0.4, -0.2) is 0 Å². The zero-order valence-corrected chi connectivity index (χ0v) is 15.0. The molecule has 1 nitrogen and oxygen atoms in total. The Morgan fingerprint density at radius 2 is 1.50 bits per heavy atom. The first kappa shape index (κ1) is 18.3. The maximum Gasteiger partial charge on any atom is 0.0406 e. The Hall–Kier alpha value is -2.02. The van der Waals surface area contributed by atoms with Gasteiger partial charge in [0.2, 0.25) is 0 Å². The molecule has 0 bridgehead atoms. The molecule has 0 aliphatic heterocycles. The number of para-hydroxylation sites is 1. The highest BCUT2D eigenvalue weighted by Gasteiger charge is 1.98. The monoisotopic (exact) mass is 321 g/mol. The van der Waals surface area contributed by atoms with Gasteiger partial charge in [0.25, 0.3) is 0 Å². The zero-order valence-electron chi connectivity index (χ0n) is 15.0. The van der Waals surface area contributed by atoms with Crippen LogP contribution >= 0.6 is 0 Å². The minimum absolute atomic E-state index is 0.863. The second-order valence-corrected chi connectivity index (χ2v) is 6.38. The molecule has 2 aromatic rings. The van der Waals surface area contributed by atoms with E-state index in [4.69, 9.17) is 0 Å². The molecule has 0 atom stereocenters. The van der Waals surface area contributed by atoms with Gasteiger partial charge in [-0.05, 0) is 36.1 Å². The summed E-state index contributed by atoms with van der Waals surface area (Å²) >= 11 is 0. The molecule has 1 heteroatoms. The summed E-state index contributed by atoms with van der Waals surface area (Å²) in [7, 11) is 0. The smallest absolute Gasteiger partial charge is 0.0406 e. The highest BCUT2D eigenvalue weighted by Crippen LogP contribution is 2.15. The molecule has 0 radical (unpaired) electrons. The number of hydrogen-bond donors (Lipinski definition) is 1. The molecule has 0 aromatic heterocycles. The fraction of sp³-hybridized carbons (Fsp3) is 0.391. The first-order valence-corrected chi connectivity index (χ1v) is 9.43. The molecular formula is C23H31N. The molecule has 2 rings (SSSR count). The van der Waals surface area contributed by atoms with Crippen molar-refractivity contribution in [1.82, 2.24) is 0 Å². The van der Waals surface area contributed by atoms with Crippen LogP contribution in [0.4, 0.5) is 5.69 Å². The van der Waals surface area contributed by atoms with Gasteiger partial charge in [0, 0.05) is 12.2 Å². The first-order chi connectivity index (χ1) is 11.9. The number of allylic oxidation sites excluding steroid dienone is 1. The maximum atomic E-state index is 3.50. The minimum Gasteiger partial charge on any atom is -0.381 e. The lowest BCUT2D eigenvalue weighted by molar-refractivity contribution is 0.611. The van der Waals surface area contributed by atoms with Crippen LogP contribution in [0, 0.1) is 0 Å². The van der Waals surface area contributed by atoms with Crippen molar-refractivity contribution in [2.24, 2.45) is 0 Å². The Bertz CT molecular complexity index is 586. The van der Waals surface area contributed by atoms with Crippen molar-refractivity contribution in [3.63, 3.8) is 0 Å². The predicted octanol–water partition coefficient (Wildman–Crippen LogP) is 7.06. The zero-order chi connectivity index (χ0) is 16.9. The van der Waals surface area contributed by atoms with Gasteiger partial charge in [-0.3, -0.25) is 0 Å². The van der Waals surface area contributed by atoms with Gasteiger partial charge in [-0.2, -0.15) is 0 Å². The molecule has 0 aliphatic carbocycles. The summed E-state index contributed by atoms with van der Waals surface area (Å²) in [6.45, 7) is 3.13. The summed E-state index contributed by atoms with van der Waals surface area (Å²) in [6.07, 6.45) is 14.0. The van der Waals surface area contributed by atoms with Crippen LogP contribution in [0.2, 0.25) is 0 Å². The quantitative estimate of drug-likeness (QED) is 0.437. The molecule has 24 heavy (non-hydrogen) atoms. The van der Waals surface area contributed by atoms with Crippen LogP contribution in [-0.2, 0) is 6.54 Å². The van der Waals surface area contributed by atoms with Gasteiger partial charge in [0.1, 0.15) is 0 Å². The molecule has 128 valence electrons. The SMILES string of the molecule is CCCCCCCC/C=C/c1ccccc1CNc1ccccc1. The molecule has 0 fully saturated rings. The predicted molar refractivity (Wildman–Crippen MR) is 107 cm³/mol. The van der Waals surface area contributed by atoms with Gasteiger partial charge in [-0.15, -0.1) is 0 Å². The van der Waals surface area contributed by atoms with E-state index < -0.39 is 0 Å². The van der Waals surface area contributed by atoms with E-state index in [9.17, 15) is 0 Å². The average Bonchev–Trinajstić information content (AvgIpc) is 2.64. The Morgan fingerprint density at radius 1 is 0.792 bits per heavy atom. The van der Waals surface area contributed by atoms with Crippen molar-refractivity contribution < 1.29 is 0 Å². The van der Waals surface area contributed by atoms with Crippen molar-refractivity contribution in [2.75, 3.05) is 5.32 Å². The van der Waals surface area contributed by atoms with Crippen LogP contribution in [0.25, 0.3) is 6.08 Å². The molecule has 2 aromatic carbocycles. The van der Waals surface area contributed by atoms with Gasteiger partial charge in [0.05, 0.1) is 0 Å². The van der Waals surface area contributed by atoms with Gasteiger partial charge in [-0.1, -0.05) is 93.6 Å². The Morgan fingerprint density at radius 3 is 2.33 bits per heavy atom. The number of anilines is 1. The molecule has 0 aliphatic rings. The van der Waals surface area contributed by atoms with Crippen LogP contribution < -0.4 is 5.32 Å². The highest BCUT2D eigenvalue weighted by atomic mass is 14.9. The van der Waals surface area contributed by atoms with Crippen LogP contribution in [0.5, 0.6) is 0 Å². The standard InChI is InChI=1S/C23H31N/c1-2-3-4-5-6-7-8-10-15-21-16-13-14-17-22(21)20-24-23-18-11-9-12-19-23/h9-19,24H,2-8,20H2,1H3/b15-10+. The molecule has 0 unspecified atom stereocenters. The summed E-state index contributed by atoms with van der Waals surface area (Å²) in [6, 6.07) is 19.0. The van der Waals surface area contributed by atoms with Gasteiger partial charge >= 0.3 is 0 Å². The summed E-state index contributed by atoms with van der Waals surface area (Å²) in [4.78, 5) is 0. The van der Waals surface area contributed by atoms with Crippen LogP contribution in [0.15, 0.2) is 60.7 Å². The van der Waals surface area contributed by atoms with Crippen molar-refractivity contribution in [2.45, 2.75) is 58.4 Å². The first-order valence-electron chi connectivity index (χ1n) is 9.43. The van der Waals surface area contributed by atoms with Crippen LogP contribution in [0.1, 0.15) is 63.0 Å². The van der Waals surface area contributed by atoms with E-state index in [0.717, 1.165) is 6.54 Å². The van der Waals surface area contributed by atoms with E-state index in [1.165, 1.54) is 61.8 Å². The van der Waals surface area contributed by atoms with E-state index >= 15 is 0 Å². The lowest BCUT2D eigenvalue weighted by Crippen LogP contribution is -2.00.